The van der Waals surface area contributed by atoms with Crippen LogP contribution in [0.1, 0.15) is 19.3 Å². The topological polar surface area (TPSA) is 72.4 Å². The number of rotatable bonds is 24. The Morgan fingerprint density at radius 1 is 0.468 bits per heavy atom. The van der Waals surface area contributed by atoms with E-state index in [1.54, 1.807) is 0 Å². The Balaban J connectivity index is 6.97. The number of aliphatic hydroxyl groups excluding tert-OH is 1. The van der Waals surface area contributed by atoms with Gasteiger partial charge in [-0.2, -0.15) is 136 Å². The summed E-state index contributed by atoms with van der Waals surface area (Å²) in [4.78, 5) is 10.5. The summed E-state index contributed by atoms with van der Waals surface area (Å²) in [5.74, 6) is -134. The van der Waals surface area contributed by atoms with Crippen molar-refractivity contribution in [3.8, 4) is 0 Å². The van der Waals surface area contributed by atoms with E-state index in [0.717, 1.165) is 0 Å². The second-order valence-electron chi connectivity index (χ2n) is 13.6. The van der Waals surface area contributed by atoms with Crippen molar-refractivity contribution in [2.24, 2.45) is 0 Å². The molecular weight excluding hydrogens is 977 g/mol. The van der Waals surface area contributed by atoms with Crippen LogP contribution in [0, 0.1) is 0 Å². The molecule has 372 valence electrons. The van der Waals surface area contributed by atoms with E-state index in [0.29, 0.717) is 0 Å². The van der Waals surface area contributed by atoms with Crippen LogP contribution in [0.3, 0.4) is 0 Å². The number of hydrogen-bond acceptors (Lipinski definition) is 4. The molecule has 5 nitrogen and oxygen atoms in total. The van der Waals surface area contributed by atoms with Gasteiger partial charge < -0.3 is 24.8 Å². The van der Waals surface area contributed by atoms with Crippen LogP contribution in [0.15, 0.2) is 0 Å². The molecule has 0 aromatic carbocycles. The van der Waals surface area contributed by atoms with Crippen molar-refractivity contribution in [2.45, 2.75) is 114 Å². The van der Waals surface area contributed by atoms with Gasteiger partial charge in [0, 0.05) is 38.3 Å². The van der Waals surface area contributed by atoms with E-state index in [-0.39, 0.29) is 24.0 Å². The Kier molecular flexibility index (Phi) is 15.8. The zero-order valence-electron chi connectivity index (χ0n) is 29.5. The second kappa shape index (κ2) is 16.6. The van der Waals surface area contributed by atoms with Gasteiger partial charge in [0.15, 0.2) is 0 Å². The maximum atomic E-state index is 14.2. The lowest BCUT2D eigenvalue weighted by molar-refractivity contribution is -0.890. The average Bonchev–Trinajstić information content (AvgIpc) is 3.05. The highest BCUT2D eigenvalue weighted by atomic mass is 19.4. The third-order valence-corrected chi connectivity index (χ3v) is 8.46. The molecule has 36 heteroatoms. The summed E-state index contributed by atoms with van der Waals surface area (Å²) < 4.78 is 425. The number of carboxylic acids is 1. The monoisotopic (exact) mass is 1000 g/mol. The molecular formula is C26H23F31N2O3. The number of nitrogens with zero attached hydrogens (tertiary/aromatic N) is 1. The minimum atomic E-state index is -10.1. The average molecular weight is 1000 g/mol. The molecule has 0 spiro atoms. The Morgan fingerprint density at radius 3 is 0.984 bits per heavy atom. The van der Waals surface area contributed by atoms with Crippen molar-refractivity contribution in [2.75, 3.05) is 40.3 Å². The molecule has 0 bridgehead atoms. The number of hydrogen-bond donors (Lipinski definition) is 2. The highest BCUT2D eigenvalue weighted by molar-refractivity contribution is 5.64. The van der Waals surface area contributed by atoms with Crippen molar-refractivity contribution < 1.29 is 156 Å². The number of aliphatic hydroxyl groups is 1. The summed E-state index contributed by atoms with van der Waals surface area (Å²) in [5.41, 5.74) is 0. The Bertz CT molecular complexity index is 1550. The lowest BCUT2D eigenvalue weighted by Crippen LogP contribution is -2.79. The van der Waals surface area contributed by atoms with Crippen molar-refractivity contribution in [3.05, 3.63) is 0 Å². The summed E-state index contributed by atoms with van der Waals surface area (Å²) in [5, 5.41) is 21.9. The molecule has 0 saturated heterocycles. The van der Waals surface area contributed by atoms with Crippen LogP contribution < -0.4 is 10.4 Å². The maximum Gasteiger partial charge on any atom is 0.460 e. The first-order chi connectivity index (χ1) is 26.5. The smallest absolute Gasteiger partial charge is 0.460 e. The number of carbonyl (C=O) groups excluding carboxylic acids is 1. The summed E-state index contributed by atoms with van der Waals surface area (Å²) in [6.45, 7) is -2.18. The standard InChI is InChI=1S/C26H23F31N2O3/c1-59(2,7-4-11(61)62)6-3-5-58-9-10(60)8-12(27,28)13(29,30)14(31,32)15(33,34)16(35,36)17(37,38)18(39,40)19(41,42)20(43,44)21(45,46)22(47,48)23(49,50)24(51,52)25(53,54)26(55,56)57/h10,58,60H,3-9H2,1-2H3. The molecule has 62 heavy (non-hydrogen) atoms. The molecule has 1 atom stereocenters. The quantitative estimate of drug-likeness (QED) is 0.0580. The molecule has 0 fully saturated rings. The number of nitrogens with one attached hydrogen (secondary N) is 1. The molecule has 0 radical (unpaired) electrons. The van der Waals surface area contributed by atoms with Crippen molar-refractivity contribution in [1.82, 2.24) is 5.32 Å². The number of carboxylic acid groups (broad SMARTS) is 1. The molecule has 0 aliphatic rings. The molecule has 0 saturated carbocycles. The summed E-state index contributed by atoms with van der Waals surface area (Å²) in [6, 6.07) is 0. The Labute approximate surface area is 322 Å². The molecule has 2 N–H and O–H groups in total. The maximum absolute atomic E-state index is 14.2. The van der Waals surface area contributed by atoms with Crippen molar-refractivity contribution >= 4 is 5.97 Å². The van der Waals surface area contributed by atoms with E-state index >= 15 is 0 Å². The summed E-state index contributed by atoms with van der Waals surface area (Å²) in [6.07, 6.45) is -15.7. The molecule has 0 rings (SSSR count). The Hall–Kier alpha value is -2.82. The molecule has 0 aromatic heterocycles. The molecule has 0 aliphatic carbocycles. The fourth-order valence-electron chi connectivity index (χ4n) is 4.48. The second-order valence-corrected chi connectivity index (χ2v) is 13.6. The Morgan fingerprint density at radius 2 is 0.726 bits per heavy atom. The van der Waals surface area contributed by atoms with Crippen LogP contribution in [0.4, 0.5) is 136 Å². The van der Waals surface area contributed by atoms with Crippen LogP contribution in [0.5, 0.6) is 0 Å². The normalized spacial score (nSPS) is 16.8. The van der Waals surface area contributed by atoms with E-state index in [9.17, 15) is 151 Å². The number of carbonyl (C=O) groups is 1. The zero-order valence-corrected chi connectivity index (χ0v) is 29.5. The van der Waals surface area contributed by atoms with E-state index in [4.69, 9.17) is 0 Å². The van der Waals surface area contributed by atoms with Gasteiger partial charge in [-0.05, 0) is 0 Å². The molecule has 1 unspecified atom stereocenters. The first-order valence-corrected chi connectivity index (χ1v) is 15.3. The third kappa shape index (κ3) is 8.80. The van der Waals surface area contributed by atoms with E-state index in [2.05, 4.69) is 0 Å². The highest BCUT2D eigenvalue weighted by Gasteiger charge is 3.01. The largest absolute Gasteiger partial charge is 0.550 e. The minimum absolute atomic E-state index is 0.0377. The van der Waals surface area contributed by atoms with Gasteiger partial charge in [0.25, 0.3) is 0 Å². The first kappa shape index (κ1) is 59.2. The van der Waals surface area contributed by atoms with Gasteiger partial charge in [0.1, 0.15) is 0 Å². The van der Waals surface area contributed by atoms with Crippen LogP contribution in [0.2, 0.25) is 0 Å². The number of alkyl halides is 31. The van der Waals surface area contributed by atoms with Crippen LogP contribution in [0.25, 0.3) is 0 Å². The predicted octanol–water partition coefficient (Wildman–Crippen LogP) is 8.39. The van der Waals surface area contributed by atoms with Gasteiger partial charge >= 0.3 is 89.1 Å². The van der Waals surface area contributed by atoms with Crippen LogP contribution in [-0.4, -0.2) is 151 Å². The molecule has 0 aromatic rings. The molecule has 0 aliphatic heterocycles. The van der Waals surface area contributed by atoms with Gasteiger partial charge in [-0.3, -0.25) is 0 Å². The van der Waals surface area contributed by atoms with E-state index in [1.807, 2.05) is 5.32 Å². The lowest BCUT2D eigenvalue weighted by atomic mass is 9.83. The van der Waals surface area contributed by atoms with E-state index in [1.165, 1.54) is 14.1 Å². The van der Waals surface area contributed by atoms with Gasteiger partial charge in [-0.1, -0.05) is 0 Å². The summed E-state index contributed by atoms with van der Waals surface area (Å²) >= 11 is 0. The zero-order chi connectivity index (χ0) is 50.8. The fraction of sp³-hybridized carbons (Fsp3) is 0.962. The van der Waals surface area contributed by atoms with Crippen molar-refractivity contribution in [1.29, 1.82) is 0 Å². The SMILES string of the molecule is C[N+](C)(CCCNCC(O)CC(F)(F)C(F)(F)C(F)(F)C(F)(F)C(F)(F)C(F)(F)C(F)(F)C(F)(F)C(F)(F)C(F)(F)C(F)(F)C(F)(F)C(F)(F)C(F)(F)C(F)(F)F)CCC(=O)[O-]. The van der Waals surface area contributed by atoms with Gasteiger partial charge in [-0.15, -0.1) is 0 Å². The minimum Gasteiger partial charge on any atom is -0.550 e. The first-order valence-electron chi connectivity index (χ1n) is 15.3. The van der Waals surface area contributed by atoms with Gasteiger partial charge in [0.2, 0.25) is 0 Å². The van der Waals surface area contributed by atoms with Crippen LogP contribution >= 0.6 is 0 Å². The predicted molar refractivity (Wildman–Crippen MR) is 135 cm³/mol. The van der Waals surface area contributed by atoms with Gasteiger partial charge in [0.05, 0.1) is 33.3 Å². The number of halogens is 31. The van der Waals surface area contributed by atoms with Gasteiger partial charge in [-0.25, -0.2) is 0 Å². The number of quaternary nitrogens is 1. The van der Waals surface area contributed by atoms with E-state index < -0.39 is 127 Å². The molecule has 0 amide bonds. The van der Waals surface area contributed by atoms with Crippen molar-refractivity contribution in [3.63, 3.8) is 0 Å². The lowest BCUT2D eigenvalue weighted by Gasteiger charge is -2.46. The number of aliphatic carboxylic acids is 1. The van der Waals surface area contributed by atoms with Crippen LogP contribution in [-0.2, 0) is 4.79 Å². The highest BCUT2D eigenvalue weighted by Crippen LogP contribution is 2.69. The summed E-state index contributed by atoms with van der Waals surface area (Å²) in [7, 11) is 2.77. The fourth-order valence-corrected chi connectivity index (χ4v) is 4.48. The third-order valence-electron chi connectivity index (χ3n) is 8.46. The molecule has 0 heterocycles.